The summed E-state index contributed by atoms with van der Waals surface area (Å²) in [6, 6.07) is 7.66. The van der Waals surface area contributed by atoms with E-state index in [1.54, 1.807) is 0 Å². The van der Waals surface area contributed by atoms with Crippen molar-refractivity contribution in [2.75, 3.05) is 5.32 Å². The summed E-state index contributed by atoms with van der Waals surface area (Å²) in [5, 5.41) is 12.5. The number of benzene rings is 1. The van der Waals surface area contributed by atoms with Crippen LogP contribution in [0.1, 0.15) is 0 Å². The molecule has 3 nitrogen and oxygen atoms in total. The quantitative estimate of drug-likeness (QED) is 0.830. The van der Waals surface area contributed by atoms with Crippen molar-refractivity contribution in [2.45, 2.75) is 0 Å². The smallest absolute Gasteiger partial charge is 0.409 e. The van der Waals surface area contributed by atoms with Crippen LogP contribution >= 0.6 is 27.3 Å². The number of nitrogens with one attached hydrogen (secondary N) is 1. The number of anilines is 1. The molecule has 2 N–H and O–H groups in total. The van der Waals surface area contributed by atoms with Gasteiger partial charge in [0.1, 0.15) is 0 Å². The van der Waals surface area contributed by atoms with Gasteiger partial charge in [0.2, 0.25) is 0 Å². The summed E-state index contributed by atoms with van der Waals surface area (Å²) in [5.41, 5.74) is 0. The first-order chi connectivity index (χ1) is 6.65. The van der Waals surface area contributed by atoms with Crippen LogP contribution in [-0.4, -0.2) is 11.2 Å². The number of hydrogen-bond donors (Lipinski definition) is 2. The maximum atomic E-state index is 10.4. The Morgan fingerprint density at radius 1 is 1.43 bits per heavy atom. The maximum Gasteiger partial charge on any atom is 0.409 e. The Morgan fingerprint density at radius 3 is 2.93 bits per heavy atom. The van der Waals surface area contributed by atoms with Crippen molar-refractivity contribution < 1.29 is 9.90 Å². The second-order valence-corrected chi connectivity index (χ2v) is 4.72. The molecular formula is C9H6BrNO2S. The van der Waals surface area contributed by atoms with Crippen LogP contribution in [-0.2, 0) is 0 Å². The molecule has 0 bridgehead atoms. The molecule has 5 heteroatoms. The summed E-state index contributed by atoms with van der Waals surface area (Å²) in [7, 11) is 0. The van der Waals surface area contributed by atoms with E-state index in [0.717, 1.165) is 14.6 Å². The van der Waals surface area contributed by atoms with E-state index >= 15 is 0 Å². The Morgan fingerprint density at radius 2 is 2.21 bits per heavy atom. The van der Waals surface area contributed by atoms with Gasteiger partial charge in [-0.05, 0) is 29.7 Å². The molecule has 0 radical (unpaired) electrons. The van der Waals surface area contributed by atoms with Gasteiger partial charge in [-0.25, -0.2) is 4.79 Å². The van der Waals surface area contributed by atoms with Gasteiger partial charge in [0, 0.05) is 9.17 Å². The van der Waals surface area contributed by atoms with Crippen molar-refractivity contribution >= 4 is 48.4 Å². The average Bonchev–Trinajstić information content (AvgIpc) is 2.44. The molecule has 1 aromatic carbocycles. The second-order valence-electron chi connectivity index (χ2n) is 2.72. The van der Waals surface area contributed by atoms with Crippen LogP contribution in [0.25, 0.3) is 10.1 Å². The van der Waals surface area contributed by atoms with Crippen LogP contribution in [0.5, 0.6) is 0 Å². The van der Waals surface area contributed by atoms with Crippen LogP contribution in [0, 0.1) is 0 Å². The van der Waals surface area contributed by atoms with E-state index in [1.807, 2.05) is 24.3 Å². The maximum absolute atomic E-state index is 10.4. The minimum absolute atomic E-state index is 0.644. The van der Waals surface area contributed by atoms with Gasteiger partial charge in [0.15, 0.2) is 0 Å². The lowest BCUT2D eigenvalue weighted by molar-refractivity contribution is 0.210. The molecule has 0 saturated carbocycles. The van der Waals surface area contributed by atoms with E-state index in [2.05, 4.69) is 21.2 Å². The van der Waals surface area contributed by atoms with Crippen molar-refractivity contribution in [3.8, 4) is 0 Å². The van der Waals surface area contributed by atoms with Crippen molar-refractivity contribution in [2.24, 2.45) is 0 Å². The third kappa shape index (κ3) is 1.88. The predicted molar refractivity (Wildman–Crippen MR) is 61.2 cm³/mol. The van der Waals surface area contributed by atoms with Crippen LogP contribution in [0.4, 0.5) is 9.80 Å². The highest BCUT2D eigenvalue weighted by molar-refractivity contribution is 9.10. The van der Waals surface area contributed by atoms with Gasteiger partial charge in [-0.3, -0.25) is 5.32 Å². The topological polar surface area (TPSA) is 49.3 Å². The number of amides is 1. The fourth-order valence-corrected chi connectivity index (χ4v) is 2.49. The lowest BCUT2D eigenvalue weighted by Gasteiger charge is -1.91. The number of carboxylic acid groups (broad SMARTS) is 1. The molecule has 0 aliphatic rings. The zero-order valence-corrected chi connectivity index (χ0v) is 9.35. The molecular weight excluding hydrogens is 266 g/mol. The zero-order chi connectivity index (χ0) is 10.1. The average molecular weight is 272 g/mol. The first kappa shape index (κ1) is 9.48. The van der Waals surface area contributed by atoms with E-state index < -0.39 is 6.09 Å². The summed E-state index contributed by atoms with van der Waals surface area (Å²) in [6.07, 6.45) is -1.03. The third-order valence-electron chi connectivity index (χ3n) is 1.71. The number of hydrogen-bond acceptors (Lipinski definition) is 2. The van der Waals surface area contributed by atoms with Gasteiger partial charge in [0.05, 0.1) is 5.00 Å². The molecule has 0 saturated heterocycles. The van der Waals surface area contributed by atoms with Crippen LogP contribution in [0.15, 0.2) is 28.7 Å². The van der Waals surface area contributed by atoms with Crippen molar-refractivity contribution in [1.29, 1.82) is 0 Å². The van der Waals surface area contributed by atoms with Gasteiger partial charge < -0.3 is 5.11 Å². The molecule has 0 spiro atoms. The normalized spacial score (nSPS) is 10.4. The summed E-state index contributed by atoms with van der Waals surface area (Å²) in [4.78, 5) is 10.4. The van der Waals surface area contributed by atoms with Crippen molar-refractivity contribution in [1.82, 2.24) is 0 Å². The third-order valence-corrected chi connectivity index (χ3v) is 3.23. The summed E-state index contributed by atoms with van der Waals surface area (Å²) < 4.78 is 2.06. The monoisotopic (exact) mass is 271 g/mol. The Bertz CT molecular complexity index is 495. The largest absolute Gasteiger partial charge is 0.465 e. The summed E-state index contributed by atoms with van der Waals surface area (Å²) in [6.45, 7) is 0. The van der Waals surface area contributed by atoms with Gasteiger partial charge >= 0.3 is 6.09 Å². The second kappa shape index (κ2) is 3.59. The zero-order valence-electron chi connectivity index (χ0n) is 6.95. The summed E-state index contributed by atoms with van der Waals surface area (Å²) >= 11 is 4.78. The number of fused-ring (bicyclic) bond motifs is 1. The molecule has 0 fully saturated rings. The highest BCUT2D eigenvalue weighted by Gasteiger charge is 2.04. The molecule has 14 heavy (non-hydrogen) atoms. The minimum atomic E-state index is -1.03. The van der Waals surface area contributed by atoms with Crippen LogP contribution < -0.4 is 5.32 Å². The molecule has 2 rings (SSSR count). The number of carbonyl (C=O) groups is 1. The van der Waals surface area contributed by atoms with E-state index in [1.165, 1.54) is 11.3 Å². The van der Waals surface area contributed by atoms with E-state index in [-0.39, 0.29) is 0 Å². The highest BCUT2D eigenvalue weighted by Crippen LogP contribution is 2.31. The summed E-state index contributed by atoms with van der Waals surface area (Å²) in [5.74, 6) is 0. The Hall–Kier alpha value is -1.07. The molecule has 1 aromatic heterocycles. The van der Waals surface area contributed by atoms with Crippen molar-refractivity contribution in [3.05, 3.63) is 28.7 Å². The Balaban J connectivity index is 2.46. The number of halogens is 1. The molecule has 72 valence electrons. The number of thiophene rings is 1. The molecule has 0 atom stereocenters. The SMILES string of the molecule is O=C(O)Nc1cc2cc(Br)ccc2s1. The lowest BCUT2D eigenvalue weighted by Crippen LogP contribution is -2.05. The van der Waals surface area contributed by atoms with Crippen LogP contribution in [0.2, 0.25) is 0 Å². The Labute approximate surface area is 92.5 Å². The lowest BCUT2D eigenvalue weighted by atomic mass is 10.3. The van der Waals surface area contributed by atoms with Gasteiger partial charge in [0.25, 0.3) is 0 Å². The molecule has 2 aromatic rings. The van der Waals surface area contributed by atoms with Gasteiger partial charge in [-0.1, -0.05) is 15.9 Å². The highest BCUT2D eigenvalue weighted by atomic mass is 79.9. The minimum Gasteiger partial charge on any atom is -0.465 e. The fraction of sp³-hybridized carbons (Fsp3) is 0. The first-order valence-electron chi connectivity index (χ1n) is 3.84. The van der Waals surface area contributed by atoms with Gasteiger partial charge in [-0.2, -0.15) is 0 Å². The van der Waals surface area contributed by atoms with E-state index in [9.17, 15) is 4.79 Å². The van der Waals surface area contributed by atoms with E-state index in [0.29, 0.717) is 5.00 Å². The molecule has 0 unspecified atom stereocenters. The fourth-order valence-electron chi connectivity index (χ4n) is 1.18. The first-order valence-corrected chi connectivity index (χ1v) is 5.45. The number of rotatable bonds is 1. The van der Waals surface area contributed by atoms with Gasteiger partial charge in [-0.15, -0.1) is 11.3 Å². The molecule has 1 heterocycles. The Kier molecular flexibility index (Phi) is 2.43. The molecule has 0 aliphatic carbocycles. The van der Waals surface area contributed by atoms with Crippen molar-refractivity contribution in [3.63, 3.8) is 0 Å². The van der Waals surface area contributed by atoms with Crippen LogP contribution in [0.3, 0.4) is 0 Å². The van der Waals surface area contributed by atoms with E-state index in [4.69, 9.17) is 5.11 Å². The standard InChI is InChI=1S/C9H6BrNO2S/c10-6-1-2-7-5(3-6)4-8(14-7)11-9(12)13/h1-4,11H,(H,12,13). The molecule has 0 aliphatic heterocycles. The molecule has 1 amide bonds. The predicted octanol–water partition coefficient (Wildman–Crippen LogP) is 3.75.